The highest BCUT2D eigenvalue weighted by atomic mass is 16.6. The van der Waals surface area contributed by atoms with Crippen molar-refractivity contribution >= 4 is 18.0 Å². The molecule has 1 amide bonds. The number of nitrogens with one attached hydrogen (secondary N) is 1. The average Bonchev–Trinajstić information content (AvgIpc) is 2.88. The molecule has 1 N–H and O–H groups in total. The quantitative estimate of drug-likeness (QED) is 0.257. The molecular formula is C27H30N2O6. The number of methoxy groups -OCH3 is 3. The molecule has 184 valence electrons. The molecule has 8 nitrogen and oxygen atoms in total. The Labute approximate surface area is 205 Å². The van der Waals surface area contributed by atoms with Gasteiger partial charge in [-0.05, 0) is 60.7 Å². The number of carbonyl (C=O) groups is 2. The van der Waals surface area contributed by atoms with E-state index < -0.39 is 11.9 Å². The molecular weight excluding hydrogens is 448 g/mol. The average molecular weight is 479 g/mol. The van der Waals surface area contributed by atoms with E-state index in [1.54, 1.807) is 30.3 Å². The van der Waals surface area contributed by atoms with E-state index in [1.807, 2.05) is 6.07 Å². The van der Waals surface area contributed by atoms with Gasteiger partial charge in [-0.2, -0.15) is 5.26 Å². The maximum Gasteiger partial charge on any atom is 0.343 e. The number of hydrogen-bond acceptors (Lipinski definition) is 7. The third-order valence-electron chi connectivity index (χ3n) is 6.11. The first kappa shape index (κ1) is 25.6. The first-order chi connectivity index (χ1) is 16.9. The van der Waals surface area contributed by atoms with Crippen LogP contribution in [0.4, 0.5) is 0 Å². The minimum absolute atomic E-state index is 0.0000934. The van der Waals surface area contributed by atoms with E-state index in [9.17, 15) is 14.9 Å². The summed E-state index contributed by atoms with van der Waals surface area (Å²) in [5.41, 5.74) is 0.838. The lowest BCUT2D eigenvalue weighted by Crippen LogP contribution is -2.41. The van der Waals surface area contributed by atoms with Crippen LogP contribution in [-0.2, 0) is 4.79 Å². The van der Waals surface area contributed by atoms with Crippen molar-refractivity contribution < 1.29 is 28.5 Å². The van der Waals surface area contributed by atoms with Crippen LogP contribution in [0.5, 0.6) is 23.0 Å². The van der Waals surface area contributed by atoms with E-state index >= 15 is 0 Å². The highest BCUT2D eigenvalue weighted by molar-refractivity contribution is 6.02. The normalized spacial score (nSPS) is 17.6. The summed E-state index contributed by atoms with van der Waals surface area (Å²) in [6.07, 6.45) is 5.71. The Morgan fingerprint density at radius 1 is 0.943 bits per heavy atom. The third kappa shape index (κ3) is 6.33. The fourth-order valence-electron chi connectivity index (χ4n) is 4.07. The largest absolute Gasteiger partial charge is 0.493 e. The van der Waals surface area contributed by atoms with Gasteiger partial charge in [0.1, 0.15) is 11.6 Å². The van der Waals surface area contributed by atoms with Gasteiger partial charge in [0.25, 0.3) is 5.91 Å². The highest BCUT2D eigenvalue weighted by Crippen LogP contribution is 2.32. The zero-order valence-electron chi connectivity index (χ0n) is 20.4. The number of esters is 1. The molecule has 1 aliphatic carbocycles. The summed E-state index contributed by atoms with van der Waals surface area (Å²) in [5.74, 6) is 0.759. The molecule has 2 atom stereocenters. The summed E-state index contributed by atoms with van der Waals surface area (Å²) >= 11 is 0. The van der Waals surface area contributed by atoms with Crippen molar-refractivity contribution in [1.82, 2.24) is 5.32 Å². The predicted molar refractivity (Wildman–Crippen MR) is 131 cm³/mol. The number of ether oxygens (including phenoxy) is 4. The lowest BCUT2D eigenvalue weighted by molar-refractivity contribution is -0.118. The fourth-order valence-corrected chi connectivity index (χ4v) is 4.07. The molecule has 0 spiro atoms. The van der Waals surface area contributed by atoms with Crippen molar-refractivity contribution in [3.63, 3.8) is 0 Å². The molecule has 2 aromatic carbocycles. The van der Waals surface area contributed by atoms with Gasteiger partial charge < -0.3 is 24.3 Å². The minimum atomic E-state index is -0.605. The second-order valence-corrected chi connectivity index (χ2v) is 8.38. The summed E-state index contributed by atoms with van der Waals surface area (Å²) in [6, 6.07) is 11.6. The summed E-state index contributed by atoms with van der Waals surface area (Å²) in [4.78, 5) is 25.4. The van der Waals surface area contributed by atoms with Crippen LogP contribution in [0.25, 0.3) is 6.08 Å². The van der Waals surface area contributed by atoms with Gasteiger partial charge in [0.15, 0.2) is 23.0 Å². The van der Waals surface area contributed by atoms with E-state index in [0.717, 1.165) is 25.7 Å². The minimum Gasteiger partial charge on any atom is -0.493 e. The zero-order chi connectivity index (χ0) is 25.4. The molecule has 0 bridgehead atoms. The van der Waals surface area contributed by atoms with Crippen LogP contribution in [-0.4, -0.2) is 39.2 Å². The molecule has 2 aromatic rings. The van der Waals surface area contributed by atoms with E-state index in [1.165, 1.54) is 33.5 Å². The Kier molecular flexibility index (Phi) is 8.74. The number of rotatable bonds is 8. The second kappa shape index (κ2) is 11.9. The molecule has 1 saturated carbocycles. The molecule has 8 heteroatoms. The third-order valence-corrected chi connectivity index (χ3v) is 6.11. The Bertz CT molecular complexity index is 1150. The van der Waals surface area contributed by atoms with Gasteiger partial charge in [0, 0.05) is 6.04 Å². The van der Waals surface area contributed by atoms with Gasteiger partial charge in [-0.1, -0.05) is 25.8 Å². The van der Waals surface area contributed by atoms with Crippen LogP contribution in [0, 0.1) is 17.2 Å². The van der Waals surface area contributed by atoms with Crippen molar-refractivity contribution in [3.8, 4) is 29.1 Å². The number of amides is 1. The predicted octanol–water partition coefficient (Wildman–Crippen LogP) is 4.53. The lowest BCUT2D eigenvalue weighted by atomic mass is 9.86. The summed E-state index contributed by atoms with van der Waals surface area (Å²) in [7, 11) is 4.43. The van der Waals surface area contributed by atoms with Gasteiger partial charge in [-0.25, -0.2) is 4.79 Å². The van der Waals surface area contributed by atoms with Crippen molar-refractivity contribution in [2.45, 2.75) is 38.6 Å². The SMILES string of the molecule is COc1ccc(C(=O)Oc2ccc(/C=C(\C#N)C(=O)N[C@H]3CCCC[C@@H]3C)cc2OC)cc1OC. The van der Waals surface area contributed by atoms with Gasteiger partial charge in [0.05, 0.1) is 26.9 Å². The summed E-state index contributed by atoms with van der Waals surface area (Å²) in [6.45, 7) is 2.12. The van der Waals surface area contributed by atoms with Crippen LogP contribution in [0.15, 0.2) is 42.0 Å². The standard InChI is InChI=1S/C27H30N2O6/c1-17-7-5-6-8-21(17)29-26(30)20(16-28)13-18-9-11-23(24(14-18)33-3)35-27(31)19-10-12-22(32-2)25(15-19)34-4/h9-15,17,21H,5-8H2,1-4H3,(H,29,30)/b20-13+/t17-,21-/m0/s1. The van der Waals surface area contributed by atoms with Gasteiger partial charge in [0.2, 0.25) is 0 Å². The fraction of sp³-hybridized carbons (Fsp3) is 0.370. The number of benzene rings is 2. The summed E-state index contributed by atoms with van der Waals surface area (Å²) in [5, 5.41) is 12.6. The maximum atomic E-state index is 12.7. The van der Waals surface area contributed by atoms with E-state index in [2.05, 4.69) is 12.2 Å². The van der Waals surface area contributed by atoms with E-state index in [-0.39, 0.29) is 28.7 Å². The molecule has 1 fully saturated rings. The number of nitrogens with zero attached hydrogens (tertiary/aromatic N) is 1. The molecule has 35 heavy (non-hydrogen) atoms. The molecule has 0 saturated heterocycles. The monoisotopic (exact) mass is 478 g/mol. The first-order valence-electron chi connectivity index (χ1n) is 11.4. The van der Waals surface area contributed by atoms with Crippen LogP contribution < -0.4 is 24.3 Å². The molecule has 1 aliphatic rings. The smallest absolute Gasteiger partial charge is 0.343 e. The zero-order valence-corrected chi connectivity index (χ0v) is 20.4. The number of hydrogen-bond donors (Lipinski definition) is 1. The molecule has 0 aliphatic heterocycles. The van der Waals surface area contributed by atoms with Crippen molar-refractivity contribution in [2.75, 3.05) is 21.3 Å². The van der Waals surface area contributed by atoms with E-state index in [0.29, 0.717) is 23.0 Å². The Balaban J connectivity index is 1.77. The van der Waals surface area contributed by atoms with E-state index in [4.69, 9.17) is 18.9 Å². The van der Waals surface area contributed by atoms with Gasteiger partial charge in [-0.3, -0.25) is 4.79 Å². The molecule has 0 radical (unpaired) electrons. The highest BCUT2D eigenvalue weighted by Gasteiger charge is 2.24. The van der Waals surface area contributed by atoms with Crippen molar-refractivity contribution in [2.24, 2.45) is 5.92 Å². The maximum absolute atomic E-state index is 12.7. The van der Waals surface area contributed by atoms with Crippen LogP contribution in [0.2, 0.25) is 0 Å². The Morgan fingerprint density at radius 2 is 1.60 bits per heavy atom. The van der Waals surface area contributed by atoms with Crippen LogP contribution in [0.1, 0.15) is 48.5 Å². The molecule has 3 rings (SSSR count). The Hall–Kier alpha value is -3.99. The lowest BCUT2D eigenvalue weighted by Gasteiger charge is -2.29. The molecule has 0 aromatic heterocycles. The molecule has 0 heterocycles. The number of carbonyl (C=O) groups excluding carboxylic acids is 2. The summed E-state index contributed by atoms with van der Waals surface area (Å²) < 4.78 is 21.3. The Morgan fingerprint density at radius 3 is 2.26 bits per heavy atom. The van der Waals surface area contributed by atoms with Gasteiger partial charge in [-0.15, -0.1) is 0 Å². The van der Waals surface area contributed by atoms with Crippen molar-refractivity contribution in [3.05, 3.63) is 53.1 Å². The van der Waals surface area contributed by atoms with Crippen molar-refractivity contribution in [1.29, 1.82) is 5.26 Å². The topological polar surface area (TPSA) is 107 Å². The number of nitriles is 1. The van der Waals surface area contributed by atoms with Crippen LogP contribution in [0.3, 0.4) is 0 Å². The van der Waals surface area contributed by atoms with Crippen LogP contribution >= 0.6 is 0 Å². The molecule has 0 unspecified atom stereocenters. The first-order valence-corrected chi connectivity index (χ1v) is 11.4. The second-order valence-electron chi connectivity index (χ2n) is 8.38. The van der Waals surface area contributed by atoms with Gasteiger partial charge >= 0.3 is 5.97 Å².